The number of aromatic nitrogens is 1. The minimum Gasteiger partial charge on any atom is -0.406 e. The molecule has 0 aliphatic carbocycles. The highest BCUT2D eigenvalue weighted by molar-refractivity contribution is 6.04. The van der Waals surface area contributed by atoms with Crippen LogP contribution in [0, 0.1) is 0 Å². The van der Waals surface area contributed by atoms with E-state index in [9.17, 15) is 18.3 Å². The smallest absolute Gasteiger partial charge is 0.406 e. The molecule has 0 bridgehead atoms. The molecule has 134 valence electrons. The molecule has 0 aliphatic rings. The average molecular weight is 353 g/mol. The molecule has 2 rings (SSSR count). The molecule has 0 saturated carbocycles. The van der Waals surface area contributed by atoms with Gasteiger partial charge in [0, 0.05) is 24.0 Å². The average Bonchev–Trinajstić information content (AvgIpc) is 2.85. The van der Waals surface area contributed by atoms with Crippen LogP contribution < -0.4 is 10.1 Å². The largest absolute Gasteiger partial charge is 0.573 e. The van der Waals surface area contributed by atoms with E-state index in [1.807, 2.05) is 0 Å². The Balaban J connectivity index is 2.31. The fraction of sp³-hybridized carbons (Fsp3) is 0.235. The highest BCUT2D eigenvalue weighted by Crippen LogP contribution is 2.27. The number of halogens is 3. The number of anilines is 1. The number of hydrogen-bond acceptors (Lipinski definition) is 4. The lowest BCUT2D eigenvalue weighted by Crippen LogP contribution is -2.16. The Morgan fingerprint density at radius 1 is 1.36 bits per heavy atom. The molecule has 2 aromatic rings. The van der Waals surface area contributed by atoms with E-state index in [1.54, 1.807) is 24.6 Å². The fourth-order valence-electron chi connectivity index (χ4n) is 2.33. The molecule has 0 saturated heterocycles. The minimum atomic E-state index is -4.73. The molecular formula is C17H18F3N3O2. The van der Waals surface area contributed by atoms with Crippen molar-refractivity contribution in [3.8, 4) is 5.75 Å². The summed E-state index contributed by atoms with van der Waals surface area (Å²) in [5.41, 5.74) is 2.54. The van der Waals surface area contributed by atoms with Crippen LogP contribution in [-0.2, 0) is 13.7 Å². The van der Waals surface area contributed by atoms with Gasteiger partial charge in [0.2, 0.25) is 0 Å². The highest BCUT2D eigenvalue weighted by Gasteiger charge is 2.30. The van der Waals surface area contributed by atoms with Crippen molar-refractivity contribution in [1.82, 2.24) is 4.57 Å². The zero-order valence-electron chi connectivity index (χ0n) is 13.8. The lowest BCUT2D eigenvalue weighted by Gasteiger charge is -2.09. The number of ether oxygens (including phenoxy) is 1. The Kier molecular flexibility index (Phi) is 5.53. The van der Waals surface area contributed by atoms with E-state index in [-0.39, 0.29) is 12.4 Å². The molecule has 0 spiro atoms. The van der Waals surface area contributed by atoms with E-state index < -0.39 is 6.36 Å². The molecule has 0 unspecified atom stereocenters. The first-order valence-electron chi connectivity index (χ1n) is 7.33. The summed E-state index contributed by atoms with van der Waals surface area (Å²) in [5.74, 6) is 0.401. The summed E-state index contributed by atoms with van der Waals surface area (Å²) in [6.45, 7) is 5.25. The van der Waals surface area contributed by atoms with Crippen LogP contribution in [0.4, 0.5) is 24.7 Å². The highest BCUT2D eigenvalue weighted by atomic mass is 19.4. The van der Waals surface area contributed by atoms with Crippen molar-refractivity contribution in [3.05, 3.63) is 54.4 Å². The summed E-state index contributed by atoms with van der Waals surface area (Å²) in [6, 6.07) is 7.05. The van der Waals surface area contributed by atoms with Crippen molar-refractivity contribution >= 4 is 17.2 Å². The SMILES string of the molecule is C=CNc1c(C(C)=Nc2ccc(OC(F)(F)F)cc2)cc(CO)n1C. The first-order chi connectivity index (χ1) is 11.7. The van der Waals surface area contributed by atoms with E-state index in [0.717, 1.165) is 5.56 Å². The maximum absolute atomic E-state index is 12.2. The van der Waals surface area contributed by atoms with Crippen molar-refractivity contribution in [2.24, 2.45) is 12.0 Å². The molecule has 0 aliphatic heterocycles. The van der Waals surface area contributed by atoms with Crippen LogP contribution in [0.1, 0.15) is 18.2 Å². The molecule has 1 heterocycles. The maximum Gasteiger partial charge on any atom is 0.573 e. The summed E-state index contributed by atoms with van der Waals surface area (Å²) in [4.78, 5) is 4.41. The predicted octanol–water partition coefficient (Wildman–Crippen LogP) is 4.11. The van der Waals surface area contributed by atoms with E-state index in [2.05, 4.69) is 21.6 Å². The van der Waals surface area contributed by atoms with Gasteiger partial charge in [-0.05, 0) is 43.5 Å². The lowest BCUT2D eigenvalue weighted by atomic mass is 10.2. The fourth-order valence-corrected chi connectivity index (χ4v) is 2.33. The molecule has 1 aromatic heterocycles. The first kappa shape index (κ1) is 18.6. The Hall–Kier alpha value is -2.74. The van der Waals surface area contributed by atoms with Crippen LogP contribution in [0.25, 0.3) is 0 Å². The molecule has 5 nitrogen and oxygen atoms in total. The van der Waals surface area contributed by atoms with Gasteiger partial charge in [-0.2, -0.15) is 0 Å². The zero-order valence-corrected chi connectivity index (χ0v) is 13.8. The number of hydrogen-bond donors (Lipinski definition) is 2. The number of aliphatic hydroxyl groups is 1. The van der Waals surface area contributed by atoms with Crippen LogP contribution in [-0.4, -0.2) is 21.7 Å². The number of aliphatic imine (C=N–C) groups is 1. The molecular weight excluding hydrogens is 335 g/mol. The molecule has 2 N–H and O–H groups in total. The minimum absolute atomic E-state index is 0.140. The third kappa shape index (κ3) is 4.63. The van der Waals surface area contributed by atoms with Gasteiger partial charge in [-0.25, -0.2) is 0 Å². The maximum atomic E-state index is 12.2. The zero-order chi connectivity index (χ0) is 18.6. The van der Waals surface area contributed by atoms with Crippen LogP contribution in [0.5, 0.6) is 5.75 Å². The third-order valence-electron chi connectivity index (χ3n) is 3.49. The monoisotopic (exact) mass is 353 g/mol. The van der Waals surface area contributed by atoms with Gasteiger partial charge in [0.15, 0.2) is 0 Å². The van der Waals surface area contributed by atoms with Gasteiger partial charge in [-0.3, -0.25) is 4.99 Å². The molecule has 0 amide bonds. The summed E-state index contributed by atoms with van der Waals surface area (Å²) in [7, 11) is 1.79. The Bertz CT molecular complexity index is 778. The second-order valence-corrected chi connectivity index (χ2v) is 5.20. The van der Waals surface area contributed by atoms with Gasteiger partial charge in [-0.15, -0.1) is 13.2 Å². The second kappa shape index (κ2) is 7.43. The van der Waals surface area contributed by atoms with E-state index in [4.69, 9.17) is 0 Å². The van der Waals surface area contributed by atoms with Crippen LogP contribution >= 0.6 is 0 Å². The molecule has 0 radical (unpaired) electrons. The van der Waals surface area contributed by atoms with Crippen molar-refractivity contribution in [2.75, 3.05) is 5.32 Å². The van der Waals surface area contributed by atoms with E-state index in [0.29, 0.717) is 22.9 Å². The lowest BCUT2D eigenvalue weighted by molar-refractivity contribution is -0.274. The van der Waals surface area contributed by atoms with Crippen molar-refractivity contribution in [1.29, 1.82) is 0 Å². The quantitative estimate of drug-likeness (QED) is 0.769. The van der Waals surface area contributed by atoms with Crippen molar-refractivity contribution in [3.63, 3.8) is 0 Å². The Morgan fingerprint density at radius 3 is 2.52 bits per heavy atom. The number of aliphatic hydroxyl groups excluding tert-OH is 1. The summed E-state index contributed by atoms with van der Waals surface area (Å²) < 4.78 is 42.1. The van der Waals surface area contributed by atoms with Gasteiger partial charge < -0.3 is 19.7 Å². The first-order valence-corrected chi connectivity index (χ1v) is 7.33. The van der Waals surface area contributed by atoms with Crippen LogP contribution in [0.15, 0.2) is 48.1 Å². The van der Waals surface area contributed by atoms with Crippen molar-refractivity contribution < 1.29 is 23.0 Å². The number of nitrogens with one attached hydrogen (secondary N) is 1. The van der Waals surface area contributed by atoms with Gasteiger partial charge in [0.25, 0.3) is 0 Å². The number of benzene rings is 1. The molecule has 8 heteroatoms. The summed E-state index contributed by atoms with van der Waals surface area (Å²) >= 11 is 0. The number of nitrogens with zero attached hydrogens (tertiary/aromatic N) is 2. The molecule has 0 atom stereocenters. The predicted molar refractivity (Wildman–Crippen MR) is 90.2 cm³/mol. The second-order valence-electron chi connectivity index (χ2n) is 5.20. The Morgan fingerprint density at radius 2 is 2.00 bits per heavy atom. The normalized spacial score (nSPS) is 12.2. The number of rotatable bonds is 6. The van der Waals surface area contributed by atoms with Gasteiger partial charge >= 0.3 is 6.36 Å². The third-order valence-corrected chi connectivity index (χ3v) is 3.49. The van der Waals surface area contributed by atoms with E-state index in [1.165, 1.54) is 30.5 Å². The van der Waals surface area contributed by atoms with Crippen LogP contribution in [0.3, 0.4) is 0 Å². The molecule has 1 aromatic carbocycles. The molecule has 25 heavy (non-hydrogen) atoms. The number of alkyl halides is 3. The van der Waals surface area contributed by atoms with Gasteiger partial charge in [0.05, 0.1) is 12.3 Å². The van der Waals surface area contributed by atoms with Crippen LogP contribution in [0.2, 0.25) is 0 Å². The van der Waals surface area contributed by atoms with Crippen molar-refractivity contribution in [2.45, 2.75) is 19.9 Å². The van der Waals surface area contributed by atoms with Gasteiger partial charge in [-0.1, -0.05) is 6.58 Å². The summed E-state index contributed by atoms with van der Waals surface area (Å²) in [5, 5.41) is 12.4. The topological polar surface area (TPSA) is 58.8 Å². The van der Waals surface area contributed by atoms with Gasteiger partial charge in [0.1, 0.15) is 11.6 Å². The Labute approximate surface area is 143 Å². The summed E-state index contributed by atoms with van der Waals surface area (Å²) in [6.07, 6.45) is -3.22. The standard InChI is InChI=1S/C17H18F3N3O2/c1-4-21-16-15(9-13(10-24)23(16)3)11(2)22-12-5-7-14(8-6-12)25-17(18,19)20/h4-9,21,24H,1,10H2,2-3H3. The van der Waals surface area contributed by atoms with E-state index >= 15 is 0 Å². The molecule has 0 fully saturated rings.